The highest BCUT2D eigenvalue weighted by atomic mass is 16.2. The van der Waals surface area contributed by atoms with Crippen LogP contribution in [-0.4, -0.2) is 37.9 Å². The van der Waals surface area contributed by atoms with Crippen LogP contribution in [0.5, 0.6) is 0 Å². The number of hydrogen-bond acceptors (Lipinski definition) is 3. The minimum Gasteiger partial charge on any atom is -0.368 e. The number of guanidine groups is 1. The lowest BCUT2D eigenvalue weighted by Gasteiger charge is -2.11. The molecule has 5 N–H and O–H groups in total. The number of carbonyl (C=O) groups excluding carboxylic acids is 2. The molecule has 0 unspecified atom stereocenters. The van der Waals surface area contributed by atoms with Gasteiger partial charge in [-0.3, -0.25) is 14.6 Å². The standard InChI is InChI=1S/C16H25N5O2/c1-3-4-9-19-16(18-2)21-10-12-5-7-13(8-6-12)15(23)20-11-14(17)22/h5-8H,3-4,9-11H2,1-2H3,(H2,17,22)(H,20,23)(H2,18,19,21). The summed E-state index contributed by atoms with van der Waals surface area (Å²) in [6.07, 6.45) is 2.22. The number of nitrogens with two attached hydrogens (primary N) is 1. The lowest BCUT2D eigenvalue weighted by Crippen LogP contribution is -2.37. The molecule has 0 aliphatic carbocycles. The van der Waals surface area contributed by atoms with E-state index < -0.39 is 5.91 Å². The Balaban J connectivity index is 2.47. The fourth-order valence-electron chi connectivity index (χ4n) is 1.83. The quantitative estimate of drug-likeness (QED) is 0.315. The largest absolute Gasteiger partial charge is 0.368 e. The molecule has 1 rings (SSSR count). The SMILES string of the molecule is CCCCNC(=NC)NCc1ccc(C(=O)NCC(N)=O)cc1. The molecule has 7 nitrogen and oxygen atoms in total. The average Bonchev–Trinajstić information content (AvgIpc) is 2.56. The maximum atomic E-state index is 11.8. The van der Waals surface area contributed by atoms with E-state index in [2.05, 4.69) is 27.9 Å². The Morgan fingerprint density at radius 1 is 1.13 bits per heavy atom. The zero-order valence-electron chi connectivity index (χ0n) is 13.7. The Bertz CT molecular complexity index is 540. The van der Waals surface area contributed by atoms with Gasteiger partial charge >= 0.3 is 0 Å². The van der Waals surface area contributed by atoms with Crippen molar-refractivity contribution in [3.8, 4) is 0 Å². The van der Waals surface area contributed by atoms with E-state index in [9.17, 15) is 9.59 Å². The van der Waals surface area contributed by atoms with Gasteiger partial charge in [-0.05, 0) is 24.1 Å². The molecule has 0 fully saturated rings. The number of unbranched alkanes of at least 4 members (excludes halogenated alkanes) is 1. The third-order valence-corrected chi connectivity index (χ3v) is 3.15. The van der Waals surface area contributed by atoms with Crippen LogP contribution in [-0.2, 0) is 11.3 Å². The molecule has 126 valence electrons. The summed E-state index contributed by atoms with van der Waals surface area (Å²) in [5.41, 5.74) is 6.50. The molecular weight excluding hydrogens is 294 g/mol. The average molecular weight is 319 g/mol. The van der Waals surface area contributed by atoms with Crippen molar-refractivity contribution in [1.82, 2.24) is 16.0 Å². The first-order valence-corrected chi connectivity index (χ1v) is 7.66. The number of amides is 2. The van der Waals surface area contributed by atoms with Crippen LogP contribution in [0.4, 0.5) is 0 Å². The third-order valence-electron chi connectivity index (χ3n) is 3.15. The molecule has 0 radical (unpaired) electrons. The lowest BCUT2D eigenvalue weighted by atomic mass is 10.1. The van der Waals surface area contributed by atoms with Crippen molar-refractivity contribution in [2.45, 2.75) is 26.3 Å². The van der Waals surface area contributed by atoms with Gasteiger partial charge in [0.2, 0.25) is 5.91 Å². The van der Waals surface area contributed by atoms with E-state index in [0.29, 0.717) is 12.1 Å². The Hall–Kier alpha value is -2.57. The summed E-state index contributed by atoms with van der Waals surface area (Å²) in [6, 6.07) is 7.12. The van der Waals surface area contributed by atoms with Crippen LogP contribution in [0.15, 0.2) is 29.3 Å². The predicted octanol–water partition coefficient (Wildman–Crippen LogP) is 0.367. The molecule has 0 heterocycles. The van der Waals surface area contributed by atoms with E-state index in [1.165, 1.54) is 0 Å². The molecule has 23 heavy (non-hydrogen) atoms. The summed E-state index contributed by atoms with van der Waals surface area (Å²) < 4.78 is 0. The van der Waals surface area contributed by atoms with E-state index in [1.54, 1.807) is 19.2 Å². The molecule has 0 aromatic heterocycles. The summed E-state index contributed by atoms with van der Waals surface area (Å²) in [5, 5.41) is 8.89. The number of nitrogens with zero attached hydrogens (tertiary/aromatic N) is 1. The minimum atomic E-state index is -0.568. The van der Waals surface area contributed by atoms with Crippen LogP contribution in [0.25, 0.3) is 0 Å². The molecule has 0 aliphatic rings. The van der Waals surface area contributed by atoms with Gasteiger partial charge in [-0.2, -0.15) is 0 Å². The van der Waals surface area contributed by atoms with E-state index >= 15 is 0 Å². The molecule has 0 spiro atoms. The van der Waals surface area contributed by atoms with Crippen molar-refractivity contribution in [3.05, 3.63) is 35.4 Å². The smallest absolute Gasteiger partial charge is 0.251 e. The Kier molecular flexibility index (Phi) is 8.20. The molecule has 1 aromatic carbocycles. The van der Waals surface area contributed by atoms with E-state index in [-0.39, 0.29) is 12.5 Å². The zero-order valence-corrected chi connectivity index (χ0v) is 13.7. The normalized spacial score (nSPS) is 11.0. The van der Waals surface area contributed by atoms with Crippen LogP contribution >= 0.6 is 0 Å². The predicted molar refractivity (Wildman–Crippen MR) is 91.1 cm³/mol. The van der Waals surface area contributed by atoms with Crippen molar-refractivity contribution < 1.29 is 9.59 Å². The van der Waals surface area contributed by atoms with E-state index in [1.807, 2.05) is 12.1 Å². The highest BCUT2D eigenvalue weighted by Gasteiger charge is 2.06. The number of rotatable bonds is 8. The number of hydrogen-bond donors (Lipinski definition) is 4. The van der Waals surface area contributed by atoms with Crippen LogP contribution in [0.3, 0.4) is 0 Å². The highest BCUT2D eigenvalue weighted by Crippen LogP contribution is 2.04. The van der Waals surface area contributed by atoms with Crippen LogP contribution in [0.1, 0.15) is 35.7 Å². The first-order valence-electron chi connectivity index (χ1n) is 7.66. The maximum absolute atomic E-state index is 11.8. The molecule has 0 saturated heterocycles. The van der Waals surface area contributed by atoms with Crippen molar-refractivity contribution in [2.24, 2.45) is 10.7 Å². The molecule has 0 aliphatic heterocycles. The number of primary amides is 1. The van der Waals surface area contributed by atoms with Crippen molar-refractivity contribution in [3.63, 3.8) is 0 Å². The summed E-state index contributed by atoms with van der Waals surface area (Å²) in [7, 11) is 1.73. The second-order valence-corrected chi connectivity index (χ2v) is 5.05. The Labute approximate surface area is 136 Å². The molecule has 0 bridgehead atoms. The van der Waals surface area contributed by atoms with Gasteiger partial charge in [-0.25, -0.2) is 0 Å². The van der Waals surface area contributed by atoms with E-state index in [0.717, 1.165) is 30.9 Å². The van der Waals surface area contributed by atoms with Gasteiger partial charge in [0.1, 0.15) is 0 Å². The summed E-state index contributed by atoms with van der Waals surface area (Å²) >= 11 is 0. The Morgan fingerprint density at radius 3 is 2.39 bits per heavy atom. The highest BCUT2D eigenvalue weighted by molar-refractivity contribution is 5.96. The Morgan fingerprint density at radius 2 is 1.83 bits per heavy atom. The van der Waals surface area contributed by atoms with Gasteiger partial charge in [0.15, 0.2) is 5.96 Å². The minimum absolute atomic E-state index is 0.165. The van der Waals surface area contributed by atoms with Gasteiger partial charge in [-0.1, -0.05) is 25.5 Å². The van der Waals surface area contributed by atoms with Gasteiger partial charge in [-0.15, -0.1) is 0 Å². The summed E-state index contributed by atoms with van der Waals surface area (Å²) in [4.78, 5) is 26.5. The second-order valence-electron chi connectivity index (χ2n) is 5.05. The molecule has 1 aromatic rings. The molecule has 7 heteroatoms. The van der Waals surface area contributed by atoms with Gasteiger partial charge in [0.25, 0.3) is 5.91 Å². The first kappa shape index (κ1) is 18.5. The van der Waals surface area contributed by atoms with Gasteiger partial charge in [0, 0.05) is 25.7 Å². The fourth-order valence-corrected chi connectivity index (χ4v) is 1.83. The number of benzene rings is 1. The molecule has 0 saturated carbocycles. The van der Waals surface area contributed by atoms with Gasteiger partial charge in [0.05, 0.1) is 6.54 Å². The second kappa shape index (κ2) is 10.2. The lowest BCUT2D eigenvalue weighted by molar-refractivity contribution is -0.117. The topological polar surface area (TPSA) is 109 Å². The number of aliphatic imine (C=N–C) groups is 1. The fraction of sp³-hybridized carbons (Fsp3) is 0.438. The van der Waals surface area contributed by atoms with Crippen molar-refractivity contribution in [2.75, 3.05) is 20.1 Å². The first-order chi connectivity index (χ1) is 11.1. The summed E-state index contributed by atoms with van der Waals surface area (Å²) in [5.74, 6) is -0.136. The number of carbonyl (C=O) groups is 2. The summed E-state index contributed by atoms with van der Waals surface area (Å²) in [6.45, 7) is 3.46. The van der Waals surface area contributed by atoms with Crippen molar-refractivity contribution >= 4 is 17.8 Å². The monoisotopic (exact) mass is 319 g/mol. The van der Waals surface area contributed by atoms with E-state index in [4.69, 9.17) is 5.73 Å². The molecule has 0 atom stereocenters. The van der Waals surface area contributed by atoms with Crippen LogP contribution < -0.4 is 21.7 Å². The molecular formula is C16H25N5O2. The molecule has 2 amide bonds. The third kappa shape index (κ3) is 7.30. The van der Waals surface area contributed by atoms with Crippen LogP contribution in [0, 0.1) is 0 Å². The number of nitrogens with one attached hydrogen (secondary N) is 3. The van der Waals surface area contributed by atoms with Crippen LogP contribution in [0.2, 0.25) is 0 Å². The zero-order chi connectivity index (χ0) is 17.1. The maximum Gasteiger partial charge on any atom is 0.251 e. The van der Waals surface area contributed by atoms with Gasteiger partial charge < -0.3 is 21.7 Å². The van der Waals surface area contributed by atoms with Crippen molar-refractivity contribution in [1.29, 1.82) is 0 Å².